The van der Waals surface area contributed by atoms with Crippen LogP contribution >= 0.6 is 0 Å². The lowest BCUT2D eigenvalue weighted by molar-refractivity contribution is -0.138. The topological polar surface area (TPSA) is 49.6 Å². The lowest BCUT2D eigenvalue weighted by Gasteiger charge is -2.38. The minimum atomic E-state index is -0.879. The number of aromatic nitrogens is 1. The molecule has 1 aromatic heterocycles. The number of hydrogen-bond donors (Lipinski definition) is 0. The van der Waals surface area contributed by atoms with E-state index in [0.29, 0.717) is 25.2 Å². The average Bonchev–Trinajstić information content (AvgIpc) is 3.00. The first-order valence-corrected chi connectivity index (χ1v) is 8.57. The lowest BCUT2D eigenvalue weighted by Crippen LogP contribution is -2.53. The fourth-order valence-corrected chi connectivity index (χ4v) is 3.30. The number of piperazine rings is 1. The van der Waals surface area contributed by atoms with Crippen LogP contribution in [0.15, 0.2) is 34.9 Å². The van der Waals surface area contributed by atoms with Crippen LogP contribution in [-0.4, -0.2) is 47.0 Å². The standard InChI is InChI=1S/C19H24FN3O2/c1-14-12-15(25-21-14)13-22-8-10-23(11-9-22)18(24)19(2,3)16-6-4-5-7-17(16)20/h4-7,12H,8-11,13H2,1-3H3. The van der Waals surface area contributed by atoms with E-state index in [4.69, 9.17) is 4.52 Å². The van der Waals surface area contributed by atoms with Gasteiger partial charge in [0.05, 0.1) is 17.7 Å². The van der Waals surface area contributed by atoms with Gasteiger partial charge in [-0.15, -0.1) is 0 Å². The van der Waals surface area contributed by atoms with E-state index < -0.39 is 5.41 Å². The maximum Gasteiger partial charge on any atom is 0.232 e. The van der Waals surface area contributed by atoms with Crippen molar-refractivity contribution in [1.29, 1.82) is 0 Å². The highest BCUT2D eigenvalue weighted by molar-refractivity contribution is 5.87. The Kier molecular flexibility index (Phi) is 4.90. The normalized spacial score (nSPS) is 16.2. The number of carbonyl (C=O) groups is 1. The van der Waals surface area contributed by atoms with Gasteiger partial charge in [0.1, 0.15) is 5.82 Å². The number of benzene rings is 1. The second-order valence-corrected chi connectivity index (χ2v) is 7.11. The highest BCUT2D eigenvalue weighted by Gasteiger charge is 2.36. The highest BCUT2D eigenvalue weighted by atomic mass is 19.1. The molecule has 1 fully saturated rings. The number of amides is 1. The molecule has 0 bridgehead atoms. The molecule has 0 unspecified atom stereocenters. The molecule has 1 aliphatic heterocycles. The summed E-state index contributed by atoms with van der Waals surface area (Å²) in [6.45, 7) is 8.95. The van der Waals surface area contributed by atoms with Gasteiger partial charge in [0.15, 0.2) is 5.76 Å². The Hall–Kier alpha value is -2.21. The largest absolute Gasteiger partial charge is 0.360 e. The third-order valence-corrected chi connectivity index (χ3v) is 4.80. The molecule has 1 amide bonds. The van der Waals surface area contributed by atoms with Crippen LogP contribution in [0, 0.1) is 12.7 Å². The molecule has 0 atom stereocenters. The maximum absolute atomic E-state index is 14.1. The monoisotopic (exact) mass is 345 g/mol. The molecule has 25 heavy (non-hydrogen) atoms. The van der Waals surface area contributed by atoms with E-state index in [2.05, 4.69) is 10.1 Å². The summed E-state index contributed by atoms with van der Waals surface area (Å²) < 4.78 is 19.4. The summed E-state index contributed by atoms with van der Waals surface area (Å²) in [5.41, 5.74) is 0.435. The van der Waals surface area contributed by atoms with Crippen molar-refractivity contribution < 1.29 is 13.7 Å². The molecular formula is C19H24FN3O2. The molecule has 2 heterocycles. The molecule has 134 valence electrons. The third-order valence-electron chi connectivity index (χ3n) is 4.80. The number of aryl methyl sites for hydroxylation is 1. The van der Waals surface area contributed by atoms with E-state index in [1.807, 2.05) is 17.9 Å². The van der Waals surface area contributed by atoms with Gasteiger partial charge in [-0.25, -0.2) is 4.39 Å². The van der Waals surface area contributed by atoms with Gasteiger partial charge in [-0.05, 0) is 26.8 Å². The summed E-state index contributed by atoms with van der Waals surface area (Å²) in [7, 11) is 0. The van der Waals surface area contributed by atoms with Crippen LogP contribution in [0.5, 0.6) is 0 Å². The predicted molar refractivity (Wildman–Crippen MR) is 92.5 cm³/mol. The molecule has 0 aliphatic carbocycles. The zero-order valence-electron chi connectivity index (χ0n) is 15.0. The Bertz CT molecular complexity index is 749. The number of rotatable bonds is 4. The first-order valence-electron chi connectivity index (χ1n) is 8.57. The molecule has 0 radical (unpaired) electrons. The average molecular weight is 345 g/mol. The van der Waals surface area contributed by atoms with Crippen LogP contribution in [0.1, 0.15) is 30.9 Å². The van der Waals surface area contributed by atoms with Crippen LogP contribution in [-0.2, 0) is 16.8 Å². The molecule has 1 aliphatic rings. The SMILES string of the molecule is Cc1cc(CN2CCN(C(=O)C(C)(C)c3ccccc3F)CC2)on1. The van der Waals surface area contributed by atoms with Crippen molar-refractivity contribution in [2.24, 2.45) is 0 Å². The van der Waals surface area contributed by atoms with Gasteiger partial charge < -0.3 is 9.42 Å². The molecule has 3 rings (SSSR count). The van der Waals surface area contributed by atoms with Crippen molar-refractivity contribution in [3.05, 3.63) is 53.2 Å². The van der Waals surface area contributed by atoms with Crippen LogP contribution < -0.4 is 0 Å². The van der Waals surface area contributed by atoms with E-state index in [1.54, 1.807) is 32.0 Å². The molecule has 5 nitrogen and oxygen atoms in total. The Balaban J connectivity index is 1.62. The van der Waals surface area contributed by atoms with Crippen molar-refractivity contribution in [1.82, 2.24) is 15.0 Å². The number of halogens is 1. The van der Waals surface area contributed by atoms with Crippen LogP contribution in [0.2, 0.25) is 0 Å². The predicted octanol–water partition coefficient (Wildman–Crippen LogP) is 2.74. The van der Waals surface area contributed by atoms with E-state index in [9.17, 15) is 9.18 Å². The van der Waals surface area contributed by atoms with E-state index in [0.717, 1.165) is 24.5 Å². The zero-order valence-corrected chi connectivity index (χ0v) is 15.0. The van der Waals surface area contributed by atoms with Crippen molar-refractivity contribution in [2.75, 3.05) is 26.2 Å². The Morgan fingerprint density at radius 2 is 1.92 bits per heavy atom. The van der Waals surface area contributed by atoms with Gasteiger partial charge in [0.25, 0.3) is 0 Å². The third kappa shape index (κ3) is 3.74. The van der Waals surface area contributed by atoms with Crippen LogP contribution in [0.3, 0.4) is 0 Å². The molecule has 6 heteroatoms. The van der Waals surface area contributed by atoms with Gasteiger partial charge in [-0.2, -0.15) is 0 Å². The van der Waals surface area contributed by atoms with Crippen molar-refractivity contribution in [3.8, 4) is 0 Å². The van der Waals surface area contributed by atoms with Gasteiger partial charge in [-0.3, -0.25) is 9.69 Å². The van der Waals surface area contributed by atoms with Gasteiger partial charge >= 0.3 is 0 Å². The van der Waals surface area contributed by atoms with Crippen LogP contribution in [0.4, 0.5) is 4.39 Å². The molecule has 0 N–H and O–H groups in total. The Labute approximate surface area is 147 Å². The quantitative estimate of drug-likeness (QED) is 0.855. The summed E-state index contributed by atoms with van der Waals surface area (Å²) in [5.74, 6) is 0.469. The first-order chi connectivity index (χ1) is 11.9. The minimum Gasteiger partial charge on any atom is -0.360 e. The molecular weight excluding hydrogens is 321 g/mol. The summed E-state index contributed by atoms with van der Waals surface area (Å²) in [6.07, 6.45) is 0. The lowest BCUT2D eigenvalue weighted by atomic mass is 9.82. The fourth-order valence-electron chi connectivity index (χ4n) is 3.30. The highest BCUT2D eigenvalue weighted by Crippen LogP contribution is 2.28. The van der Waals surface area contributed by atoms with Gasteiger partial charge in [0, 0.05) is 37.8 Å². The molecule has 2 aromatic rings. The van der Waals surface area contributed by atoms with E-state index >= 15 is 0 Å². The first kappa shape index (κ1) is 17.6. The van der Waals surface area contributed by atoms with E-state index in [1.165, 1.54) is 6.07 Å². The maximum atomic E-state index is 14.1. The summed E-state index contributed by atoms with van der Waals surface area (Å²) in [6, 6.07) is 8.43. The van der Waals surface area contributed by atoms with Gasteiger partial charge in [0.2, 0.25) is 5.91 Å². The summed E-state index contributed by atoms with van der Waals surface area (Å²) in [4.78, 5) is 17.0. The number of nitrogens with zero attached hydrogens (tertiary/aromatic N) is 3. The molecule has 1 saturated heterocycles. The second-order valence-electron chi connectivity index (χ2n) is 7.11. The molecule has 1 aromatic carbocycles. The summed E-state index contributed by atoms with van der Waals surface area (Å²) >= 11 is 0. The van der Waals surface area contributed by atoms with Crippen molar-refractivity contribution >= 4 is 5.91 Å². The zero-order chi connectivity index (χ0) is 18.0. The van der Waals surface area contributed by atoms with Crippen molar-refractivity contribution in [3.63, 3.8) is 0 Å². The minimum absolute atomic E-state index is 0.0345. The fraction of sp³-hybridized carbons (Fsp3) is 0.474. The second kappa shape index (κ2) is 6.96. The number of carbonyl (C=O) groups excluding carboxylic acids is 1. The molecule has 0 spiro atoms. The molecule has 0 saturated carbocycles. The Morgan fingerprint density at radius 1 is 1.24 bits per heavy atom. The Morgan fingerprint density at radius 3 is 2.52 bits per heavy atom. The number of hydrogen-bond acceptors (Lipinski definition) is 4. The van der Waals surface area contributed by atoms with Gasteiger partial charge in [-0.1, -0.05) is 23.4 Å². The van der Waals surface area contributed by atoms with Crippen molar-refractivity contribution in [2.45, 2.75) is 32.7 Å². The smallest absolute Gasteiger partial charge is 0.232 e. The van der Waals surface area contributed by atoms with E-state index in [-0.39, 0.29) is 11.7 Å². The van der Waals surface area contributed by atoms with Crippen LogP contribution in [0.25, 0.3) is 0 Å². The summed E-state index contributed by atoms with van der Waals surface area (Å²) in [5, 5.41) is 3.90.